The smallest absolute Gasteiger partial charge is 0.257 e. The van der Waals surface area contributed by atoms with Crippen molar-refractivity contribution in [1.82, 2.24) is 20.0 Å². The SMILES string of the molecule is CCCN1CCN(C(=O)c2cn[nH]c2C)C[C@H](Cc2ccccc2-c2ccc(C)cc2)C1=O. The van der Waals surface area contributed by atoms with Crippen molar-refractivity contribution < 1.29 is 9.59 Å². The number of H-pyrrole nitrogens is 1. The fraction of sp³-hybridized carbons (Fsp3) is 0.370. The zero-order valence-electron chi connectivity index (χ0n) is 19.7. The quantitative estimate of drug-likeness (QED) is 0.618. The summed E-state index contributed by atoms with van der Waals surface area (Å²) in [5.41, 5.74) is 5.95. The number of benzene rings is 2. The first-order chi connectivity index (χ1) is 16.0. The maximum absolute atomic E-state index is 13.5. The van der Waals surface area contributed by atoms with Crippen LogP contribution in [0.25, 0.3) is 11.1 Å². The third-order valence-electron chi connectivity index (χ3n) is 6.43. The summed E-state index contributed by atoms with van der Waals surface area (Å²) in [6, 6.07) is 16.8. The van der Waals surface area contributed by atoms with Gasteiger partial charge in [0.05, 0.1) is 17.7 Å². The summed E-state index contributed by atoms with van der Waals surface area (Å²) in [6.07, 6.45) is 3.07. The Kier molecular flexibility index (Phi) is 6.92. The van der Waals surface area contributed by atoms with E-state index >= 15 is 0 Å². The molecule has 1 saturated heterocycles. The summed E-state index contributed by atoms with van der Waals surface area (Å²) < 4.78 is 0. The van der Waals surface area contributed by atoms with Crippen molar-refractivity contribution in [2.24, 2.45) is 5.92 Å². The van der Waals surface area contributed by atoms with Crippen molar-refractivity contribution in [3.05, 3.63) is 77.1 Å². The highest BCUT2D eigenvalue weighted by molar-refractivity contribution is 5.95. The second-order valence-electron chi connectivity index (χ2n) is 8.91. The average Bonchev–Trinajstić information content (AvgIpc) is 3.19. The van der Waals surface area contributed by atoms with E-state index in [1.165, 1.54) is 5.56 Å². The van der Waals surface area contributed by atoms with Gasteiger partial charge in [-0.05, 0) is 43.4 Å². The predicted molar refractivity (Wildman–Crippen MR) is 130 cm³/mol. The molecule has 0 unspecified atom stereocenters. The van der Waals surface area contributed by atoms with Crippen LogP contribution in [0.4, 0.5) is 0 Å². The van der Waals surface area contributed by atoms with Crippen molar-refractivity contribution in [1.29, 1.82) is 0 Å². The van der Waals surface area contributed by atoms with Gasteiger partial charge in [-0.25, -0.2) is 0 Å². The van der Waals surface area contributed by atoms with Crippen LogP contribution >= 0.6 is 0 Å². The average molecular weight is 445 g/mol. The minimum absolute atomic E-state index is 0.0655. The number of aromatic amines is 1. The van der Waals surface area contributed by atoms with Crippen molar-refractivity contribution in [3.8, 4) is 11.1 Å². The number of nitrogens with zero attached hydrogens (tertiary/aromatic N) is 3. The lowest BCUT2D eigenvalue weighted by molar-refractivity contribution is -0.134. The van der Waals surface area contributed by atoms with Crippen LogP contribution in [-0.2, 0) is 11.2 Å². The molecule has 6 heteroatoms. The molecule has 1 fully saturated rings. The number of carbonyl (C=O) groups is 2. The summed E-state index contributed by atoms with van der Waals surface area (Å²) in [7, 11) is 0. The second-order valence-corrected chi connectivity index (χ2v) is 8.91. The number of aromatic nitrogens is 2. The van der Waals surface area contributed by atoms with Gasteiger partial charge in [-0.3, -0.25) is 14.7 Å². The molecule has 1 aromatic heterocycles. The maximum atomic E-state index is 13.5. The summed E-state index contributed by atoms with van der Waals surface area (Å²) >= 11 is 0. The van der Waals surface area contributed by atoms with E-state index in [2.05, 4.69) is 60.4 Å². The van der Waals surface area contributed by atoms with Gasteiger partial charge in [-0.15, -0.1) is 0 Å². The number of hydrogen-bond acceptors (Lipinski definition) is 3. The fourth-order valence-electron chi connectivity index (χ4n) is 4.59. The van der Waals surface area contributed by atoms with E-state index < -0.39 is 0 Å². The molecule has 1 N–H and O–H groups in total. The highest BCUT2D eigenvalue weighted by Crippen LogP contribution is 2.28. The Balaban J connectivity index is 1.64. The van der Waals surface area contributed by atoms with Crippen LogP contribution in [0.5, 0.6) is 0 Å². The highest BCUT2D eigenvalue weighted by Gasteiger charge is 2.33. The molecule has 2 amide bonds. The van der Waals surface area contributed by atoms with E-state index in [-0.39, 0.29) is 17.7 Å². The fourth-order valence-corrected chi connectivity index (χ4v) is 4.59. The molecule has 1 aliphatic heterocycles. The molecule has 6 nitrogen and oxygen atoms in total. The molecular weight excluding hydrogens is 412 g/mol. The van der Waals surface area contributed by atoms with E-state index in [0.717, 1.165) is 28.8 Å². The largest absolute Gasteiger partial charge is 0.341 e. The van der Waals surface area contributed by atoms with Crippen molar-refractivity contribution in [2.75, 3.05) is 26.2 Å². The van der Waals surface area contributed by atoms with Crippen LogP contribution in [0, 0.1) is 19.8 Å². The van der Waals surface area contributed by atoms with Crippen molar-refractivity contribution >= 4 is 11.8 Å². The summed E-state index contributed by atoms with van der Waals surface area (Å²) in [5.74, 6) is -0.221. The Bertz CT molecular complexity index is 1120. The zero-order chi connectivity index (χ0) is 23.4. The lowest BCUT2D eigenvalue weighted by Crippen LogP contribution is -2.38. The normalized spacial score (nSPS) is 16.7. The third-order valence-corrected chi connectivity index (χ3v) is 6.43. The van der Waals surface area contributed by atoms with E-state index in [4.69, 9.17) is 0 Å². The Hall–Kier alpha value is -3.41. The zero-order valence-corrected chi connectivity index (χ0v) is 19.7. The van der Waals surface area contributed by atoms with E-state index in [0.29, 0.717) is 38.2 Å². The van der Waals surface area contributed by atoms with Gasteiger partial charge in [0.1, 0.15) is 0 Å². The highest BCUT2D eigenvalue weighted by atomic mass is 16.2. The molecule has 2 heterocycles. The number of hydrogen-bond donors (Lipinski definition) is 1. The molecule has 0 bridgehead atoms. The van der Waals surface area contributed by atoms with E-state index in [9.17, 15) is 9.59 Å². The van der Waals surface area contributed by atoms with Crippen LogP contribution in [0.2, 0.25) is 0 Å². The van der Waals surface area contributed by atoms with Gasteiger partial charge in [0, 0.05) is 31.9 Å². The second kappa shape index (κ2) is 10.0. The lowest BCUT2D eigenvalue weighted by Gasteiger charge is -2.24. The maximum Gasteiger partial charge on any atom is 0.257 e. The van der Waals surface area contributed by atoms with Gasteiger partial charge in [0.25, 0.3) is 5.91 Å². The van der Waals surface area contributed by atoms with Crippen molar-refractivity contribution in [3.63, 3.8) is 0 Å². The lowest BCUT2D eigenvalue weighted by atomic mass is 9.91. The van der Waals surface area contributed by atoms with Gasteiger partial charge in [0.15, 0.2) is 0 Å². The van der Waals surface area contributed by atoms with Crippen LogP contribution in [0.15, 0.2) is 54.7 Å². The van der Waals surface area contributed by atoms with Crippen LogP contribution in [-0.4, -0.2) is 58.0 Å². The van der Waals surface area contributed by atoms with Gasteiger partial charge < -0.3 is 9.80 Å². The van der Waals surface area contributed by atoms with E-state index in [1.807, 2.05) is 28.9 Å². The number of nitrogens with one attached hydrogen (secondary N) is 1. The summed E-state index contributed by atoms with van der Waals surface area (Å²) in [6.45, 7) is 8.22. The molecule has 0 spiro atoms. The minimum Gasteiger partial charge on any atom is -0.341 e. The van der Waals surface area contributed by atoms with E-state index in [1.54, 1.807) is 6.20 Å². The van der Waals surface area contributed by atoms with Crippen LogP contribution in [0.1, 0.15) is 40.5 Å². The number of aryl methyl sites for hydroxylation is 2. The molecule has 1 atom stereocenters. The first-order valence-corrected chi connectivity index (χ1v) is 11.7. The number of amides is 2. The molecule has 0 saturated carbocycles. The first kappa shape index (κ1) is 22.8. The summed E-state index contributed by atoms with van der Waals surface area (Å²) in [5, 5.41) is 6.86. The summed E-state index contributed by atoms with van der Waals surface area (Å²) in [4.78, 5) is 30.5. The Morgan fingerprint density at radius 2 is 1.85 bits per heavy atom. The molecule has 1 aliphatic rings. The van der Waals surface area contributed by atoms with Gasteiger partial charge in [0.2, 0.25) is 5.91 Å². The molecule has 3 aromatic rings. The molecule has 33 heavy (non-hydrogen) atoms. The van der Waals surface area contributed by atoms with Gasteiger partial charge >= 0.3 is 0 Å². The molecule has 4 rings (SSSR count). The molecule has 0 aliphatic carbocycles. The van der Waals surface area contributed by atoms with Crippen LogP contribution in [0.3, 0.4) is 0 Å². The molecule has 172 valence electrons. The monoisotopic (exact) mass is 444 g/mol. The Morgan fingerprint density at radius 1 is 1.09 bits per heavy atom. The predicted octanol–water partition coefficient (Wildman–Crippen LogP) is 4.25. The molecule has 2 aromatic carbocycles. The topological polar surface area (TPSA) is 69.3 Å². The minimum atomic E-state index is -0.290. The van der Waals surface area contributed by atoms with Crippen molar-refractivity contribution in [2.45, 2.75) is 33.6 Å². The van der Waals surface area contributed by atoms with Gasteiger partial charge in [-0.1, -0.05) is 61.0 Å². The molecular formula is C27H32N4O2. The number of rotatable bonds is 6. The number of carbonyl (C=O) groups excluding carboxylic acids is 2. The third kappa shape index (κ3) is 5.00. The van der Waals surface area contributed by atoms with Crippen LogP contribution < -0.4 is 0 Å². The first-order valence-electron chi connectivity index (χ1n) is 11.7. The Morgan fingerprint density at radius 3 is 2.55 bits per heavy atom. The standard InChI is InChI=1S/C27H32N4O2/c1-4-13-30-14-15-31(27(33)25-17-28-29-20(25)3)18-23(26(30)32)16-22-7-5-6-8-24(22)21-11-9-19(2)10-12-21/h5-12,17,23H,4,13-16,18H2,1-3H3,(H,28,29)/t23-/m0/s1. The Labute approximate surface area is 195 Å². The van der Waals surface area contributed by atoms with Gasteiger partial charge in [-0.2, -0.15) is 5.10 Å². The molecule has 0 radical (unpaired) electrons.